The number of aromatic hydroxyl groups is 1. The van der Waals surface area contributed by atoms with Gasteiger partial charge in [-0.1, -0.05) is 29.3 Å². The van der Waals surface area contributed by atoms with Crippen molar-refractivity contribution >= 4 is 12.1 Å². The highest BCUT2D eigenvalue weighted by atomic mass is 18.2. The molecule has 0 saturated carbocycles. The summed E-state index contributed by atoms with van der Waals surface area (Å²) in [6.45, 7) is 3.56. The Hall–Kier alpha value is -3.33. The third-order valence-corrected chi connectivity index (χ3v) is 4.22. The van der Waals surface area contributed by atoms with Gasteiger partial charge in [-0.05, 0) is 56.2 Å². The number of hydrogen-bond donors (Lipinski definition) is 1. The summed E-state index contributed by atoms with van der Waals surface area (Å²) < 4.78 is 29.3. The van der Waals surface area contributed by atoms with Crippen LogP contribution in [0.1, 0.15) is 31.9 Å². The molecule has 0 unspecified atom stereocenters. The van der Waals surface area contributed by atoms with Crippen LogP contribution in [-0.4, -0.2) is 47.8 Å². The molecule has 2 aromatic carbocycles. The maximum Gasteiger partial charge on any atom is 0.528 e. The Labute approximate surface area is 186 Å². The fourth-order valence-corrected chi connectivity index (χ4v) is 2.67. The lowest BCUT2D eigenvalue weighted by molar-refractivity contribution is -0.199. The number of alkyl halides is 1. The molecule has 0 spiro atoms. The van der Waals surface area contributed by atoms with E-state index in [2.05, 4.69) is 0 Å². The highest BCUT2D eigenvalue weighted by Gasteiger charge is 2.33. The van der Waals surface area contributed by atoms with Crippen molar-refractivity contribution in [2.45, 2.75) is 45.4 Å². The summed E-state index contributed by atoms with van der Waals surface area (Å²) in [6.07, 6.45) is -1.18. The first-order valence-corrected chi connectivity index (χ1v) is 9.92. The SMILES string of the molecule is COc1ccc(COC(=O)[C@@H](Cc2ccc(O)cc2)N(C[18F])OC(=O)OC(C)(C)C)cc1. The largest absolute Gasteiger partial charge is 0.528 e. The molecule has 0 amide bonds. The monoisotopic (exact) mass is 448 g/mol. The van der Waals surface area contributed by atoms with Gasteiger partial charge in [-0.15, -0.1) is 0 Å². The molecule has 2 aromatic rings. The minimum absolute atomic E-state index is 0.0333. The standard InChI is InChI=1S/C23H28FNO7/c1-23(2,3)31-22(28)32-25(15-24)20(13-16-5-9-18(26)10-6-16)21(27)30-14-17-7-11-19(29-4)12-8-17/h5-12,20,26H,13-15H2,1-4H3/t20-/m1/s1/i24-1. The number of phenolic OH excluding ortho intramolecular Hbond substituents is 1. The number of carbonyl (C=O) groups is 2. The fourth-order valence-electron chi connectivity index (χ4n) is 2.67. The first-order valence-electron chi connectivity index (χ1n) is 9.92. The number of hydroxylamine groups is 2. The quantitative estimate of drug-likeness (QED) is 0.347. The molecule has 0 aliphatic rings. The third kappa shape index (κ3) is 8.07. The average molecular weight is 448 g/mol. The molecule has 0 aromatic heterocycles. The molecular weight excluding hydrogens is 420 g/mol. The molecule has 8 nitrogen and oxygen atoms in total. The summed E-state index contributed by atoms with van der Waals surface area (Å²) in [5.74, 6) is -0.102. The van der Waals surface area contributed by atoms with E-state index in [-0.39, 0.29) is 18.8 Å². The summed E-state index contributed by atoms with van der Waals surface area (Å²) in [5, 5.41) is 10.1. The number of esters is 1. The summed E-state index contributed by atoms with van der Waals surface area (Å²) >= 11 is 0. The number of carbonyl (C=O) groups excluding carboxylic acids is 2. The Morgan fingerprint density at radius 1 is 1.03 bits per heavy atom. The Morgan fingerprint density at radius 3 is 2.16 bits per heavy atom. The zero-order valence-corrected chi connectivity index (χ0v) is 18.5. The smallest absolute Gasteiger partial charge is 0.508 e. The van der Waals surface area contributed by atoms with Gasteiger partial charge in [-0.2, -0.15) is 0 Å². The van der Waals surface area contributed by atoms with Crippen LogP contribution >= 0.6 is 0 Å². The second kappa shape index (κ2) is 11.3. The Kier molecular flexibility index (Phi) is 8.83. The average Bonchev–Trinajstić information content (AvgIpc) is 2.74. The maximum absolute atomic E-state index is 13.8. The molecule has 0 saturated heterocycles. The number of benzene rings is 2. The minimum Gasteiger partial charge on any atom is -0.508 e. The van der Waals surface area contributed by atoms with Crippen LogP contribution in [0.4, 0.5) is 9.18 Å². The zero-order chi connectivity index (χ0) is 23.7. The van der Waals surface area contributed by atoms with Crippen LogP contribution in [0.2, 0.25) is 0 Å². The van der Waals surface area contributed by atoms with Gasteiger partial charge in [0, 0.05) is 6.42 Å². The molecule has 1 atom stereocenters. The van der Waals surface area contributed by atoms with Gasteiger partial charge in [0.1, 0.15) is 23.7 Å². The van der Waals surface area contributed by atoms with E-state index in [9.17, 15) is 19.1 Å². The number of methoxy groups -OCH3 is 1. The molecule has 0 aliphatic heterocycles. The van der Waals surface area contributed by atoms with E-state index < -0.39 is 30.6 Å². The molecule has 0 radical (unpaired) electrons. The second-order valence-electron chi connectivity index (χ2n) is 7.93. The Morgan fingerprint density at radius 2 is 1.62 bits per heavy atom. The third-order valence-electron chi connectivity index (χ3n) is 4.22. The van der Waals surface area contributed by atoms with Gasteiger partial charge >= 0.3 is 12.1 Å². The van der Waals surface area contributed by atoms with Crippen molar-refractivity contribution in [2.75, 3.05) is 13.9 Å². The van der Waals surface area contributed by atoms with E-state index in [0.29, 0.717) is 21.9 Å². The van der Waals surface area contributed by atoms with Crippen LogP contribution in [-0.2, 0) is 32.1 Å². The van der Waals surface area contributed by atoms with Crippen molar-refractivity contribution in [3.05, 3.63) is 59.7 Å². The number of nitrogens with zero attached hydrogens (tertiary/aromatic N) is 1. The first-order chi connectivity index (χ1) is 15.1. The van der Waals surface area contributed by atoms with Crippen LogP contribution in [0.3, 0.4) is 0 Å². The van der Waals surface area contributed by atoms with Crippen molar-refractivity contribution in [1.29, 1.82) is 0 Å². The molecule has 174 valence electrons. The van der Waals surface area contributed by atoms with E-state index >= 15 is 0 Å². The number of rotatable bonds is 9. The van der Waals surface area contributed by atoms with Crippen molar-refractivity contribution in [1.82, 2.24) is 5.06 Å². The summed E-state index contributed by atoms with van der Waals surface area (Å²) in [5.41, 5.74) is 0.434. The number of phenols is 1. The molecule has 1 N–H and O–H groups in total. The number of ether oxygens (including phenoxy) is 3. The molecule has 0 bridgehead atoms. The Balaban J connectivity index is 2.15. The second-order valence-corrected chi connectivity index (χ2v) is 7.93. The molecule has 0 fully saturated rings. The van der Waals surface area contributed by atoms with Crippen LogP contribution < -0.4 is 4.74 Å². The molecule has 9 heteroatoms. The van der Waals surface area contributed by atoms with Gasteiger partial charge in [-0.3, -0.25) is 4.79 Å². The van der Waals surface area contributed by atoms with Gasteiger partial charge in [0.25, 0.3) is 0 Å². The Bertz CT molecular complexity index is 879. The highest BCUT2D eigenvalue weighted by Crippen LogP contribution is 2.18. The van der Waals surface area contributed by atoms with Gasteiger partial charge in [-0.25, -0.2) is 9.18 Å². The lowest BCUT2D eigenvalue weighted by Gasteiger charge is -2.27. The van der Waals surface area contributed by atoms with E-state index in [1.54, 1.807) is 64.3 Å². The van der Waals surface area contributed by atoms with Crippen molar-refractivity contribution < 1.29 is 38.1 Å². The van der Waals surface area contributed by atoms with Crippen LogP contribution in [0, 0.1) is 0 Å². The van der Waals surface area contributed by atoms with Gasteiger partial charge < -0.3 is 24.2 Å². The predicted molar refractivity (Wildman–Crippen MR) is 114 cm³/mol. The molecule has 0 aliphatic carbocycles. The number of hydrogen-bond acceptors (Lipinski definition) is 8. The van der Waals surface area contributed by atoms with E-state index in [1.165, 1.54) is 12.1 Å². The van der Waals surface area contributed by atoms with E-state index in [0.717, 1.165) is 0 Å². The number of halogens is 1. The molecular formula is C23H28FNO7. The summed E-state index contributed by atoms with van der Waals surface area (Å²) in [4.78, 5) is 29.9. The van der Waals surface area contributed by atoms with Gasteiger partial charge in [0.15, 0.2) is 12.8 Å². The van der Waals surface area contributed by atoms with Crippen molar-refractivity contribution in [3.8, 4) is 11.5 Å². The summed E-state index contributed by atoms with van der Waals surface area (Å²) in [6, 6.07) is 11.6. The first kappa shape index (κ1) is 24.9. The lowest BCUT2D eigenvalue weighted by atomic mass is 10.1. The van der Waals surface area contributed by atoms with Crippen LogP contribution in [0.5, 0.6) is 11.5 Å². The van der Waals surface area contributed by atoms with Crippen molar-refractivity contribution in [3.63, 3.8) is 0 Å². The fraction of sp³-hybridized carbons (Fsp3) is 0.391. The molecule has 0 heterocycles. The van der Waals surface area contributed by atoms with Gasteiger partial charge in [0.05, 0.1) is 7.11 Å². The molecule has 32 heavy (non-hydrogen) atoms. The summed E-state index contributed by atoms with van der Waals surface area (Å²) in [7, 11) is 1.54. The van der Waals surface area contributed by atoms with E-state index in [4.69, 9.17) is 19.0 Å². The van der Waals surface area contributed by atoms with E-state index in [1.807, 2.05) is 0 Å². The zero-order valence-electron chi connectivity index (χ0n) is 18.5. The normalized spacial score (nSPS) is 12.2. The molecule has 2 rings (SSSR count). The minimum atomic E-state index is -1.28. The highest BCUT2D eigenvalue weighted by molar-refractivity contribution is 5.76. The van der Waals surface area contributed by atoms with Crippen LogP contribution in [0.15, 0.2) is 48.5 Å². The topological polar surface area (TPSA) is 94.5 Å². The van der Waals surface area contributed by atoms with Crippen LogP contribution in [0.25, 0.3) is 0 Å². The van der Waals surface area contributed by atoms with Crippen molar-refractivity contribution in [2.24, 2.45) is 0 Å². The lowest BCUT2D eigenvalue weighted by Crippen LogP contribution is -2.45. The predicted octanol–water partition coefficient (Wildman–Crippen LogP) is 4.15. The van der Waals surface area contributed by atoms with Gasteiger partial charge in [0.2, 0.25) is 0 Å². The maximum atomic E-state index is 13.8.